The summed E-state index contributed by atoms with van der Waals surface area (Å²) in [5.41, 5.74) is 11.7. The van der Waals surface area contributed by atoms with Gasteiger partial charge in [-0.2, -0.15) is 0 Å². The molecule has 0 saturated carbocycles. The molecule has 160 valence electrons. The van der Waals surface area contributed by atoms with Gasteiger partial charge in [-0.1, -0.05) is 12.1 Å². The van der Waals surface area contributed by atoms with Gasteiger partial charge in [0.2, 0.25) is 11.8 Å². The van der Waals surface area contributed by atoms with Crippen LogP contribution in [0.2, 0.25) is 0 Å². The first-order chi connectivity index (χ1) is 13.6. The molecular weight excluding hydrogens is 380 g/mol. The second-order valence-electron chi connectivity index (χ2n) is 6.59. The number of aliphatic carboxylic acids is 1. The Labute approximate surface area is 168 Å². The number of nitrogens with two attached hydrogens (primary N) is 2. The second-order valence-corrected chi connectivity index (χ2v) is 6.59. The summed E-state index contributed by atoms with van der Waals surface area (Å²) in [6.45, 7) is 1.73. The fourth-order valence-corrected chi connectivity index (χ4v) is 2.45. The smallest absolute Gasteiger partial charge is 0.326 e. The molecule has 0 aliphatic heterocycles. The minimum absolute atomic E-state index is 0.0992. The summed E-state index contributed by atoms with van der Waals surface area (Å²) in [7, 11) is 0. The zero-order chi connectivity index (χ0) is 22.0. The van der Waals surface area contributed by atoms with Crippen molar-refractivity contribution in [1.29, 1.82) is 5.41 Å². The summed E-state index contributed by atoms with van der Waals surface area (Å²) < 4.78 is 0. The molecule has 1 aromatic carbocycles. The van der Waals surface area contributed by atoms with Crippen molar-refractivity contribution in [1.82, 2.24) is 16.0 Å². The number of carbonyl (C=O) groups excluding carboxylic acids is 2. The van der Waals surface area contributed by atoms with Crippen LogP contribution in [0.1, 0.15) is 25.3 Å². The van der Waals surface area contributed by atoms with Gasteiger partial charge in [0.1, 0.15) is 17.8 Å². The van der Waals surface area contributed by atoms with Gasteiger partial charge in [0.15, 0.2) is 5.96 Å². The number of guanidine groups is 1. The Bertz CT molecular complexity index is 724. The molecular formula is C18H28N6O5. The predicted molar refractivity (Wildman–Crippen MR) is 106 cm³/mol. The molecule has 0 heterocycles. The Balaban J connectivity index is 2.50. The largest absolute Gasteiger partial charge is 0.508 e. The Kier molecular flexibility index (Phi) is 9.39. The average molecular weight is 408 g/mol. The molecule has 1 aromatic rings. The van der Waals surface area contributed by atoms with Crippen molar-refractivity contribution in [3.05, 3.63) is 29.8 Å². The summed E-state index contributed by atoms with van der Waals surface area (Å²) in [4.78, 5) is 35.7. The molecule has 10 N–H and O–H groups in total. The molecule has 29 heavy (non-hydrogen) atoms. The quantitative estimate of drug-likeness (QED) is 0.124. The number of aromatic hydroxyl groups is 1. The van der Waals surface area contributed by atoms with Crippen molar-refractivity contribution in [2.45, 2.75) is 44.3 Å². The van der Waals surface area contributed by atoms with E-state index in [2.05, 4.69) is 16.0 Å². The number of carboxylic acid groups (broad SMARTS) is 1. The zero-order valence-electron chi connectivity index (χ0n) is 16.1. The second kappa shape index (κ2) is 11.5. The number of nitrogens with one attached hydrogen (secondary N) is 4. The van der Waals surface area contributed by atoms with E-state index < -0.39 is 35.9 Å². The van der Waals surface area contributed by atoms with E-state index in [1.54, 1.807) is 12.1 Å². The molecule has 11 heteroatoms. The van der Waals surface area contributed by atoms with E-state index in [9.17, 15) is 24.6 Å². The highest BCUT2D eigenvalue weighted by molar-refractivity contribution is 5.91. The van der Waals surface area contributed by atoms with E-state index in [0.29, 0.717) is 13.0 Å². The van der Waals surface area contributed by atoms with E-state index in [-0.39, 0.29) is 24.6 Å². The standard InChI is InChI=1S/C18H28N6O5/c1-10(15(26)24-14(17(28)29)3-2-8-22-18(20)21)23-16(27)13(19)9-11-4-6-12(25)7-5-11/h4-7,10,13-14,25H,2-3,8-9,19H2,1H3,(H,23,27)(H,24,26)(H,28,29)(H4,20,21,22)/t10-,13-,14-/m0/s1. The number of amides is 2. The highest BCUT2D eigenvalue weighted by Crippen LogP contribution is 2.11. The Morgan fingerprint density at radius 3 is 2.31 bits per heavy atom. The average Bonchev–Trinajstić information content (AvgIpc) is 2.65. The van der Waals surface area contributed by atoms with E-state index >= 15 is 0 Å². The third-order valence-electron chi connectivity index (χ3n) is 4.08. The molecule has 0 radical (unpaired) electrons. The minimum atomic E-state index is -1.20. The van der Waals surface area contributed by atoms with Crippen molar-refractivity contribution in [2.75, 3.05) is 6.54 Å². The van der Waals surface area contributed by atoms with Crippen molar-refractivity contribution in [3.63, 3.8) is 0 Å². The summed E-state index contributed by atoms with van der Waals surface area (Å²) in [6, 6.07) is 3.20. The summed E-state index contributed by atoms with van der Waals surface area (Å²) in [5, 5.41) is 32.9. The fraction of sp³-hybridized carbons (Fsp3) is 0.444. The van der Waals surface area contributed by atoms with E-state index in [1.807, 2.05) is 0 Å². The Morgan fingerprint density at radius 2 is 1.76 bits per heavy atom. The van der Waals surface area contributed by atoms with Crippen LogP contribution in [0.5, 0.6) is 5.75 Å². The van der Waals surface area contributed by atoms with E-state index in [0.717, 1.165) is 5.56 Å². The number of phenolic OH excluding ortho intramolecular Hbond substituents is 1. The maximum atomic E-state index is 12.2. The van der Waals surface area contributed by atoms with Crippen molar-refractivity contribution >= 4 is 23.7 Å². The van der Waals surface area contributed by atoms with E-state index in [1.165, 1.54) is 19.1 Å². The number of carboxylic acids is 1. The highest BCUT2D eigenvalue weighted by atomic mass is 16.4. The SMILES string of the molecule is C[C@H](NC(=O)[C@@H](N)Cc1ccc(O)cc1)C(=O)N[C@@H](CCCNC(=N)N)C(=O)O. The van der Waals surface area contributed by atoms with Crippen molar-refractivity contribution in [3.8, 4) is 5.75 Å². The lowest BCUT2D eigenvalue weighted by Crippen LogP contribution is -2.53. The van der Waals surface area contributed by atoms with Crippen LogP contribution >= 0.6 is 0 Å². The molecule has 0 aromatic heterocycles. The Hall–Kier alpha value is -3.34. The topological polar surface area (TPSA) is 204 Å². The number of phenols is 1. The maximum Gasteiger partial charge on any atom is 0.326 e. The molecule has 0 aliphatic rings. The van der Waals surface area contributed by atoms with Crippen molar-refractivity contribution in [2.24, 2.45) is 11.5 Å². The summed E-state index contributed by atoms with van der Waals surface area (Å²) >= 11 is 0. The van der Waals surface area contributed by atoms with Gasteiger partial charge in [-0.25, -0.2) is 4.79 Å². The van der Waals surface area contributed by atoms with Crippen LogP contribution in [0.3, 0.4) is 0 Å². The first-order valence-corrected chi connectivity index (χ1v) is 9.05. The van der Waals surface area contributed by atoms with Gasteiger partial charge < -0.3 is 37.6 Å². The van der Waals surface area contributed by atoms with Crippen LogP contribution in [0.15, 0.2) is 24.3 Å². The maximum absolute atomic E-state index is 12.2. The molecule has 0 saturated heterocycles. The number of rotatable bonds is 11. The van der Waals surface area contributed by atoms with E-state index in [4.69, 9.17) is 16.9 Å². The minimum Gasteiger partial charge on any atom is -0.508 e. The van der Waals surface area contributed by atoms with Crippen LogP contribution in [-0.2, 0) is 20.8 Å². The third kappa shape index (κ3) is 8.93. The molecule has 1 rings (SSSR count). The van der Waals surface area contributed by atoms with Gasteiger partial charge >= 0.3 is 5.97 Å². The summed E-state index contributed by atoms with van der Waals surface area (Å²) in [6.07, 6.45) is 0.707. The molecule has 0 aliphatic carbocycles. The lowest BCUT2D eigenvalue weighted by Gasteiger charge is -2.20. The fourth-order valence-electron chi connectivity index (χ4n) is 2.45. The zero-order valence-corrected chi connectivity index (χ0v) is 16.1. The third-order valence-corrected chi connectivity index (χ3v) is 4.08. The van der Waals surface area contributed by atoms with Crippen LogP contribution in [-0.4, -0.2) is 58.6 Å². The van der Waals surface area contributed by atoms with Gasteiger partial charge in [-0.05, 0) is 43.9 Å². The monoisotopic (exact) mass is 408 g/mol. The normalized spacial score (nSPS) is 13.6. The molecule has 2 amide bonds. The molecule has 11 nitrogen and oxygen atoms in total. The van der Waals surface area contributed by atoms with Gasteiger partial charge in [0.05, 0.1) is 6.04 Å². The molecule has 0 unspecified atom stereocenters. The van der Waals surface area contributed by atoms with Crippen LogP contribution < -0.4 is 27.4 Å². The number of carbonyl (C=O) groups is 3. The van der Waals surface area contributed by atoms with Gasteiger partial charge in [0.25, 0.3) is 0 Å². The first kappa shape index (κ1) is 23.7. The van der Waals surface area contributed by atoms with Crippen molar-refractivity contribution < 1.29 is 24.6 Å². The number of benzene rings is 1. The predicted octanol–water partition coefficient (Wildman–Crippen LogP) is -1.40. The molecule has 0 bridgehead atoms. The molecule has 3 atom stereocenters. The van der Waals surface area contributed by atoms with Gasteiger partial charge in [0, 0.05) is 6.54 Å². The lowest BCUT2D eigenvalue weighted by molar-refractivity contribution is -0.142. The van der Waals surface area contributed by atoms with Gasteiger partial charge in [-0.15, -0.1) is 0 Å². The number of hydrogen-bond acceptors (Lipinski definition) is 6. The molecule has 0 spiro atoms. The van der Waals surface area contributed by atoms with Crippen LogP contribution in [0, 0.1) is 5.41 Å². The lowest BCUT2D eigenvalue weighted by atomic mass is 10.1. The van der Waals surface area contributed by atoms with Crippen LogP contribution in [0.25, 0.3) is 0 Å². The Morgan fingerprint density at radius 1 is 1.14 bits per heavy atom. The molecule has 0 fully saturated rings. The summed E-state index contributed by atoms with van der Waals surface area (Å²) in [5.74, 6) is -2.54. The van der Waals surface area contributed by atoms with Crippen LogP contribution in [0.4, 0.5) is 0 Å². The number of hydrogen-bond donors (Lipinski definition) is 8. The first-order valence-electron chi connectivity index (χ1n) is 9.05. The highest BCUT2D eigenvalue weighted by Gasteiger charge is 2.25. The van der Waals surface area contributed by atoms with Gasteiger partial charge in [-0.3, -0.25) is 15.0 Å².